The fourth-order valence-corrected chi connectivity index (χ4v) is 3.47. The van der Waals surface area contributed by atoms with Crippen LogP contribution < -0.4 is 10.6 Å². The third-order valence-corrected chi connectivity index (χ3v) is 4.85. The van der Waals surface area contributed by atoms with Crippen LogP contribution in [0.5, 0.6) is 0 Å². The van der Waals surface area contributed by atoms with Gasteiger partial charge in [0.25, 0.3) is 5.91 Å². The van der Waals surface area contributed by atoms with Crippen molar-refractivity contribution < 1.29 is 19.1 Å². The predicted octanol–water partition coefficient (Wildman–Crippen LogP) is 4.35. The minimum absolute atomic E-state index is 0.187. The Balaban J connectivity index is 1.54. The summed E-state index contributed by atoms with van der Waals surface area (Å²) in [5.41, 5.74) is 3.78. The summed E-state index contributed by atoms with van der Waals surface area (Å²) >= 11 is 0. The van der Waals surface area contributed by atoms with Gasteiger partial charge in [0.15, 0.2) is 0 Å². The van der Waals surface area contributed by atoms with Gasteiger partial charge in [-0.25, -0.2) is 4.79 Å². The molecule has 0 aromatic heterocycles. The third-order valence-electron chi connectivity index (χ3n) is 4.85. The van der Waals surface area contributed by atoms with Crippen molar-refractivity contribution in [1.29, 1.82) is 0 Å². The summed E-state index contributed by atoms with van der Waals surface area (Å²) < 4.78 is 5.57. The molecule has 0 saturated carbocycles. The van der Waals surface area contributed by atoms with E-state index in [1.807, 2.05) is 30.3 Å². The van der Waals surface area contributed by atoms with Crippen molar-refractivity contribution in [2.45, 2.75) is 19.4 Å². The van der Waals surface area contributed by atoms with Crippen molar-refractivity contribution in [3.05, 3.63) is 95.1 Å². The number of cyclic esters (lactones) is 1. The smallest absolute Gasteiger partial charge is 0.339 e. The van der Waals surface area contributed by atoms with Crippen LogP contribution in [-0.4, -0.2) is 17.8 Å². The topological polar surface area (TPSA) is 84.5 Å². The van der Waals surface area contributed by atoms with E-state index in [0.717, 1.165) is 11.1 Å². The zero-order valence-electron chi connectivity index (χ0n) is 16.3. The van der Waals surface area contributed by atoms with Gasteiger partial charge in [-0.15, -0.1) is 0 Å². The minimum Gasteiger partial charge on any atom is -0.454 e. The number of rotatable bonds is 4. The second-order valence-corrected chi connectivity index (χ2v) is 7.10. The van der Waals surface area contributed by atoms with Crippen LogP contribution in [0.4, 0.5) is 11.4 Å². The number of hydrogen-bond donors (Lipinski definition) is 2. The molecule has 0 saturated heterocycles. The molecular formula is C24H20N2O4. The first-order valence-corrected chi connectivity index (χ1v) is 9.57. The highest BCUT2D eigenvalue weighted by molar-refractivity contribution is 6.05. The van der Waals surface area contributed by atoms with Gasteiger partial charge < -0.3 is 15.4 Å². The van der Waals surface area contributed by atoms with E-state index in [9.17, 15) is 14.4 Å². The van der Waals surface area contributed by atoms with Gasteiger partial charge in [0, 0.05) is 30.3 Å². The van der Waals surface area contributed by atoms with Crippen LogP contribution in [0.1, 0.15) is 44.9 Å². The molecule has 150 valence electrons. The molecule has 4 rings (SSSR count). The zero-order chi connectivity index (χ0) is 21.1. The Morgan fingerprint density at radius 2 is 1.63 bits per heavy atom. The lowest BCUT2D eigenvalue weighted by atomic mass is 9.93. The monoisotopic (exact) mass is 400 g/mol. The van der Waals surface area contributed by atoms with Crippen LogP contribution in [0.3, 0.4) is 0 Å². The highest BCUT2D eigenvalue weighted by Gasteiger charge is 2.28. The van der Waals surface area contributed by atoms with E-state index in [1.165, 1.54) is 6.92 Å². The molecule has 3 aromatic rings. The summed E-state index contributed by atoms with van der Waals surface area (Å²) in [5, 5.41) is 5.51. The van der Waals surface area contributed by atoms with E-state index in [0.29, 0.717) is 28.9 Å². The van der Waals surface area contributed by atoms with Crippen molar-refractivity contribution in [2.75, 3.05) is 10.6 Å². The summed E-state index contributed by atoms with van der Waals surface area (Å²) in [6.45, 7) is 1.42. The predicted molar refractivity (Wildman–Crippen MR) is 113 cm³/mol. The highest BCUT2D eigenvalue weighted by Crippen LogP contribution is 2.31. The second-order valence-electron chi connectivity index (χ2n) is 7.10. The van der Waals surface area contributed by atoms with Crippen LogP contribution in [-0.2, 0) is 16.0 Å². The van der Waals surface area contributed by atoms with Crippen molar-refractivity contribution in [3.63, 3.8) is 0 Å². The summed E-state index contributed by atoms with van der Waals surface area (Å²) in [7, 11) is 0. The van der Waals surface area contributed by atoms with E-state index in [4.69, 9.17) is 4.74 Å². The SMILES string of the molecule is CC(=O)Nc1cccc(NC(=O)c2ccc3c(c2)CC(c2ccccc2)OC3=O)c1. The molecule has 0 radical (unpaired) electrons. The van der Waals surface area contributed by atoms with Crippen LogP contribution in [0.2, 0.25) is 0 Å². The molecule has 1 atom stereocenters. The van der Waals surface area contributed by atoms with Gasteiger partial charge >= 0.3 is 5.97 Å². The molecular weight excluding hydrogens is 380 g/mol. The number of hydrogen-bond acceptors (Lipinski definition) is 4. The van der Waals surface area contributed by atoms with Gasteiger partial charge in [0.05, 0.1) is 5.56 Å². The first-order valence-electron chi connectivity index (χ1n) is 9.57. The molecule has 3 aromatic carbocycles. The van der Waals surface area contributed by atoms with Gasteiger partial charge in [-0.2, -0.15) is 0 Å². The molecule has 1 aliphatic heterocycles. The van der Waals surface area contributed by atoms with Crippen molar-refractivity contribution in [2.24, 2.45) is 0 Å². The quantitative estimate of drug-likeness (QED) is 0.638. The third kappa shape index (κ3) is 4.22. The average Bonchev–Trinajstić information content (AvgIpc) is 2.73. The number of nitrogens with one attached hydrogen (secondary N) is 2. The maximum absolute atomic E-state index is 12.8. The number of fused-ring (bicyclic) bond motifs is 1. The summed E-state index contributed by atoms with van der Waals surface area (Å²) in [6, 6.07) is 21.4. The highest BCUT2D eigenvalue weighted by atomic mass is 16.5. The zero-order valence-corrected chi connectivity index (χ0v) is 16.3. The van der Waals surface area contributed by atoms with E-state index in [1.54, 1.807) is 42.5 Å². The lowest BCUT2D eigenvalue weighted by Crippen LogP contribution is -2.23. The van der Waals surface area contributed by atoms with Crippen LogP contribution >= 0.6 is 0 Å². The Morgan fingerprint density at radius 1 is 0.900 bits per heavy atom. The van der Waals surface area contributed by atoms with Gasteiger partial charge in [0.1, 0.15) is 6.10 Å². The molecule has 0 spiro atoms. The Bertz CT molecular complexity index is 1130. The number of carbonyl (C=O) groups is 3. The lowest BCUT2D eigenvalue weighted by Gasteiger charge is -2.25. The summed E-state index contributed by atoms with van der Waals surface area (Å²) in [4.78, 5) is 36.4. The largest absolute Gasteiger partial charge is 0.454 e. The molecule has 2 amide bonds. The van der Waals surface area contributed by atoms with Crippen LogP contribution in [0, 0.1) is 0 Å². The van der Waals surface area contributed by atoms with Gasteiger partial charge in [-0.1, -0.05) is 36.4 Å². The first kappa shape index (κ1) is 19.4. The Hall–Kier alpha value is -3.93. The molecule has 0 aliphatic carbocycles. The first-order chi connectivity index (χ1) is 14.5. The number of ether oxygens (including phenoxy) is 1. The van der Waals surface area contributed by atoms with E-state index < -0.39 is 0 Å². The molecule has 0 bridgehead atoms. The molecule has 0 fully saturated rings. The fraction of sp³-hybridized carbons (Fsp3) is 0.125. The minimum atomic E-state index is -0.389. The lowest BCUT2D eigenvalue weighted by molar-refractivity contribution is -0.114. The number of esters is 1. The molecule has 2 N–H and O–H groups in total. The molecule has 1 aliphatic rings. The fourth-order valence-electron chi connectivity index (χ4n) is 3.47. The van der Waals surface area contributed by atoms with E-state index in [2.05, 4.69) is 10.6 Å². The molecule has 1 heterocycles. The van der Waals surface area contributed by atoms with Crippen molar-refractivity contribution >= 4 is 29.2 Å². The number of anilines is 2. The molecule has 30 heavy (non-hydrogen) atoms. The van der Waals surface area contributed by atoms with Crippen LogP contribution in [0.15, 0.2) is 72.8 Å². The second kappa shape index (κ2) is 8.21. The van der Waals surface area contributed by atoms with Crippen LogP contribution in [0.25, 0.3) is 0 Å². The Morgan fingerprint density at radius 3 is 2.37 bits per heavy atom. The molecule has 1 unspecified atom stereocenters. The average molecular weight is 400 g/mol. The van der Waals surface area contributed by atoms with Crippen molar-refractivity contribution in [1.82, 2.24) is 0 Å². The number of carbonyl (C=O) groups excluding carboxylic acids is 3. The molecule has 6 heteroatoms. The van der Waals surface area contributed by atoms with Gasteiger partial charge in [-0.3, -0.25) is 9.59 Å². The standard InChI is InChI=1S/C24H20N2O4/c1-15(27)25-19-8-5-9-20(14-19)26-23(28)17-10-11-21-18(12-17)13-22(30-24(21)29)16-6-3-2-4-7-16/h2-12,14,22H,13H2,1H3,(H,25,27)(H,26,28). The Labute approximate surface area is 173 Å². The van der Waals surface area contributed by atoms with E-state index >= 15 is 0 Å². The Kier molecular flexibility index (Phi) is 5.30. The molecule has 6 nitrogen and oxygen atoms in total. The van der Waals surface area contributed by atoms with Gasteiger partial charge in [-0.05, 0) is 47.5 Å². The van der Waals surface area contributed by atoms with Gasteiger partial charge in [0.2, 0.25) is 5.91 Å². The van der Waals surface area contributed by atoms with E-state index in [-0.39, 0.29) is 23.9 Å². The summed E-state index contributed by atoms with van der Waals surface area (Å²) in [5.74, 6) is -0.874. The maximum Gasteiger partial charge on any atom is 0.339 e. The number of benzene rings is 3. The van der Waals surface area contributed by atoms with Crippen molar-refractivity contribution in [3.8, 4) is 0 Å². The normalized spacial score (nSPS) is 15.0. The maximum atomic E-state index is 12.8. The number of amides is 2. The summed E-state index contributed by atoms with van der Waals surface area (Å²) in [6.07, 6.45) is 0.128.